The van der Waals surface area contributed by atoms with E-state index in [1.54, 1.807) is 0 Å². The first-order chi connectivity index (χ1) is 14.8. The first-order valence-electron chi connectivity index (χ1n) is 9.10. The van der Waals surface area contributed by atoms with Crippen LogP contribution in [0, 0.1) is 0 Å². The Labute approximate surface area is 186 Å². The van der Waals surface area contributed by atoms with Crippen molar-refractivity contribution in [3.8, 4) is 0 Å². The van der Waals surface area contributed by atoms with Crippen LogP contribution in [-0.2, 0) is 35.0 Å². The van der Waals surface area contributed by atoms with Crippen molar-refractivity contribution in [1.82, 2.24) is 10.2 Å². The number of methoxy groups -OCH3 is 1. The Morgan fingerprint density at radius 1 is 1.42 bits per heavy atom. The first kappa shape index (κ1) is 22.8. The van der Waals surface area contributed by atoms with Crippen molar-refractivity contribution in [3.05, 3.63) is 46.3 Å². The van der Waals surface area contributed by atoms with E-state index >= 15 is 0 Å². The summed E-state index contributed by atoms with van der Waals surface area (Å²) in [6.07, 6.45) is 0.463. The molecule has 1 saturated heterocycles. The summed E-state index contributed by atoms with van der Waals surface area (Å²) in [6, 6.07) is 3.64. The van der Waals surface area contributed by atoms with Crippen LogP contribution in [-0.4, -0.2) is 66.0 Å². The van der Waals surface area contributed by atoms with Crippen molar-refractivity contribution < 1.29 is 33.4 Å². The Morgan fingerprint density at radius 2 is 2.19 bits per heavy atom. The van der Waals surface area contributed by atoms with Gasteiger partial charge in [0.2, 0.25) is 5.91 Å². The molecule has 0 saturated carbocycles. The normalized spacial score (nSPS) is 22.3. The third-order valence-electron chi connectivity index (χ3n) is 4.59. The van der Waals surface area contributed by atoms with Crippen LogP contribution >= 0.6 is 23.1 Å². The predicted molar refractivity (Wildman–Crippen MR) is 113 cm³/mol. The highest BCUT2D eigenvalue weighted by molar-refractivity contribution is 8.00. The number of nitrogens with one attached hydrogen (secondary N) is 1. The zero-order chi connectivity index (χ0) is 22.6. The Hall–Kier alpha value is -2.83. The van der Waals surface area contributed by atoms with Gasteiger partial charge in [0.25, 0.3) is 11.6 Å². The Kier molecular flexibility index (Phi) is 7.03. The number of esters is 1. The molecule has 1 fully saturated rings. The van der Waals surface area contributed by atoms with Crippen LogP contribution in [0.2, 0.25) is 0 Å². The monoisotopic (exact) mass is 467 g/mol. The van der Waals surface area contributed by atoms with Crippen molar-refractivity contribution in [3.63, 3.8) is 0 Å². The van der Waals surface area contributed by atoms with Gasteiger partial charge in [0.15, 0.2) is 0 Å². The maximum Gasteiger partial charge on any atom is 0.404 e. The number of nitrogens with two attached hydrogens (primary N) is 1. The number of carbonyl (C=O) groups is 4. The summed E-state index contributed by atoms with van der Waals surface area (Å²) in [5.74, 6) is -1.57. The van der Waals surface area contributed by atoms with Crippen LogP contribution in [0.5, 0.6) is 0 Å². The lowest BCUT2D eigenvalue weighted by Crippen LogP contribution is -2.80. The number of primary amides is 1. The van der Waals surface area contributed by atoms with Crippen molar-refractivity contribution in [2.45, 2.75) is 17.5 Å². The fraction of sp³-hybridized carbons (Fsp3) is 0.368. The molecule has 10 nitrogen and oxygen atoms in total. The second kappa shape index (κ2) is 9.54. The van der Waals surface area contributed by atoms with E-state index in [4.69, 9.17) is 19.9 Å². The molecule has 3 rings (SSSR count). The highest BCUT2D eigenvalue weighted by Crippen LogP contribution is 2.46. The molecule has 3 heterocycles. The number of nitrogens with zero attached hydrogens (tertiary/aromatic N) is 1. The van der Waals surface area contributed by atoms with Crippen LogP contribution in [0.4, 0.5) is 4.79 Å². The average molecular weight is 468 g/mol. The standard InChI is InChI=1S/C19H21N3O7S2/c1-3-6-28-15(24)14-11(9-29-18(20)26)10-31-17-19(27-2,16(25)22(14)17)21-13(23)8-12-5-4-7-30-12/h3-5,7,17H,1,6,8-10H2,2H3,(H2,20,26)(H,21,23)/t17-,19+/m1/s1. The summed E-state index contributed by atoms with van der Waals surface area (Å²) in [7, 11) is 1.31. The van der Waals surface area contributed by atoms with Gasteiger partial charge in [-0.15, -0.1) is 23.1 Å². The minimum Gasteiger partial charge on any atom is -0.457 e. The van der Waals surface area contributed by atoms with Crippen LogP contribution < -0.4 is 11.1 Å². The number of thiophene rings is 1. The number of β-lactam (4-membered cyclic amide) rings is 1. The molecule has 3 N–H and O–H groups in total. The van der Waals surface area contributed by atoms with E-state index < -0.39 is 29.1 Å². The maximum absolute atomic E-state index is 13.1. The molecule has 0 bridgehead atoms. The smallest absolute Gasteiger partial charge is 0.404 e. The first-order valence-corrected chi connectivity index (χ1v) is 11.0. The average Bonchev–Trinajstić information content (AvgIpc) is 3.26. The summed E-state index contributed by atoms with van der Waals surface area (Å²) >= 11 is 2.68. The van der Waals surface area contributed by atoms with Crippen LogP contribution in [0.3, 0.4) is 0 Å². The molecule has 12 heteroatoms. The van der Waals surface area contributed by atoms with Crippen LogP contribution in [0.1, 0.15) is 4.88 Å². The zero-order valence-electron chi connectivity index (χ0n) is 16.6. The second-order valence-electron chi connectivity index (χ2n) is 6.53. The van der Waals surface area contributed by atoms with Gasteiger partial charge >= 0.3 is 12.1 Å². The Morgan fingerprint density at radius 3 is 2.81 bits per heavy atom. The summed E-state index contributed by atoms with van der Waals surface area (Å²) in [4.78, 5) is 51.4. The minimum absolute atomic E-state index is 0.0583. The van der Waals surface area contributed by atoms with Gasteiger partial charge < -0.3 is 25.3 Å². The van der Waals surface area contributed by atoms with Gasteiger partial charge in [-0.1, -0.05) is 18.7 Å². The van der Waals surface area contributed by atoms with E-state index in [1.165, 1.54) is 41.2 Å². The minimum atomic E-state index is -1.63. The molecule has 2 atom stereocenters. The highest BCUT2D eigenvalue weighted by atomic mass is 32.2. The highest BCUT2D eigenvalue weighted by Gasteiger charge is 2.66. The zero-order valence-corrected chi connectivity index (χ0v) is 18.3. The van der Waals surface area contributed by atoms with Crippen LogP contribution in [0.15, 0.2) is 41.4 Å². The van der Waals surface area contributed by atoms with Crippen molar-refractivity contribution in [2.75, 3.05) is 26.1 Å². The molecule has 166 valence electrons. The van der Waals surface area contributed by atoms with E-state index in [2.05, 4.69) is 11.9 Å². The van der Waals surface area contributed by atoms with Gasteiger partial charge in [0, 0.05) is 23.3 Å². The largest absolute Gasteiger partial charge is 0.457 e. The van der Waals surface area contributed by atoms with Gasteiger partial charge in [-0.3, -0.25) is 14.5 Å². The molecule has 0 spiro atoms. The lowest BCUT2D eigenvalue weighted by atomic mass is 9.98. The van der Waals surface area contributed by atoms with E-state index in [1.807, 2.05) is 17.5 Å². The number of rotatable bonds is 9. The third kappa shape index (κ3) is 4.45. The molecule has 2 aliphatic heterocycles. The number of fused-ring (bicyclic) bond motifs is 1. The summed E-state index contributed by atoms with van der Waals surface area (Å²) in [5.41, 5.74) is 3.70. The van der Waals surface area contributed by atoms with E-state index in [0.29, 0.717) is 5.57 Å². The number of hydrogen-bond donors (Lipinski definition) is 2. The number of carbonyl (C=O) groups excluding carboxylic acids is 4. The summed E-state index contributed by atoms with van der Waals surface area (Å²) in [6.45, 7) is 3.14. The van der Waals surface area contributed by atoms with Gasteiger partial charge in [0.05, 0.1) is 6.42 Å². The number of hydrogen-bond acceptors (Lipinski definition) is 9. The topological polar surface area (TPSA) is 137 Å². The Bertz CT molecular complexity index is 931. The number of thioether (sulfide) groups is 1. The molecule has 0 aromatic carbocycles. The molecule has 1 aromatic heterocycles. The van der Waals surface area contributed by atoms with Crippen molar-refractivity contribution in [1.29, 1.82) is 0 Å². The molecule has 31 heavy (non-hydrogen) atoms. The molecule has 0 radical (unpaired) electrons. The van der Waals surface area contributed by atoms with Crippen LogP contribution in [0.25, 0.3) is 0 Å². The van der Waals surface area contributed by atoms with Crippen molar-refractivity contribution in [2.24, 2.45) is 5.73 Å². The maximum atomic E-state index is 13.1. The third-order valence-corrected chi connectivity index (χ3v) is 6.84. The van der Waals surface area contributed by atoms with Gasteiger partial charge in [-0.2, -0.15) is 0 Å². The van der Waals surface area contributed by atoms with Gasteiger partial charge in [-0.25, -0.2) is 9.59 Å². The number of ether oxygens (including phenoxy) is 3. The second-order valence-corrected chi connectivity index (χ2v) is 8.63. The fourth-order valence-electron chi connectivity index (χ4n) is 3.23. The molecule has 0 unspecified atom stereocenters. The lowest BCUT2D eigenvalue weighted by Gasteiger charge is -2.55. The SMILES string of the molecule is C=CCOC(=O)C1=C(COC(N)=O)CS[C@H]2N1C(=O)[C@]2(NC(=O)Cc1cccs1)OC. The van der Waals surface area contributed by atoms with Gasteiger partial charge in [0.1, 0.15) is 24.3 Å². The Balaban J connectivity index is 1.84. The summed E-state index contributed by atoms with van der Waals surface area (Å²) < 4.78 is 15.4. The van der Waals surface area contributed by atoms with Crippen molar-refractivity contribution >= 4 is 47.0 Å². The van der Waals surface area contributed by atoms with E-state index in [9.17, 15) is 19.2 Å². The molecular weight excluding hydrogens is 446 g/mol. The fourth-order valence-corrected chi connectivity index (χ4v) is 5.35. The molecule has 0 aliphatic carbocycles. The predicted octanol–water partition coefficient (Wildman–Crippen LogP) is 0.743. The lowest BCUT2D eigenvalue weighted by molar-refractivity contribution is -0.192. The van der Waals surface area contributed by atoms with Gasteiger partial charge in [-0.05, 0) is 11.4 Å². The van der Waals surface area contributed by atoms with E-state index in [-0.39, 0.29) is 37.0 Å². The molecular formula is C19H21N3O7S2. The quantitative estimate of drug-likeness (QED) is 0.235. The van der Waals surface area contributed by atoms with E-state index in [0.717, 1.165) is 4.88 Å². The summed E-state index contributed by atoms with van der Waals surface area (Å²) in [5, 5.41) is 3.81. The molecule has 3 amide bonds. The molecule has 1 aromatic rings. The number of amides is 3. The molecule has 2 aliphatic rings.